The zero-order valence-electron chi connectivity index (χ0n) is 12.1. The van der Waals surface area contributed by atoms with Gasteiger partial charge in [-0.1, -0.05) is 20.8 Å². The Morgan fingerprint density at radius 3 is 2.11 bits per heavy atom. The highest BCUT2D eigenvalue weighted by atomic mass is 28.3. The van der Waals surface area contributed by atoms with Crippen molar-refractivity contribution in [3.8, 4) is 0 Å². The van der Waals surface area contributed by atoms with Gasteiger partial charge in [-0.15, -0.1) is 0 Å². The second-order valence-electron chi connectivity index (χ2n) is 4.44. The molecule has 0 heterocycles. The van der Waals surface area contributed by atoms with E-state index in [0.717, 1.165) is 18.1 Å². The molecule has 0 fully saturated rings. The third-order valence-corrected chi connectivity index (χ3v) is 9.13. The van der Waals surface area contributed by atoms with Crippen molar-refractivity contribution in [1.29, 1.82) is 0 Å². The van der Waals surface area contributed by atoms with Crippen molar-refractivity contribution >= 4 is 20.6 Å². The maximum absolute atomic E-state index is 11.2. The van der Waals surface area contributed by atoms with Crippen molar-refractivity contribution in [3.05, 3.63) is 0 Å². The second kappa shape index (κ2) is 9.14. The summed E-state index contributed by atoms with van der Waals surface area (Å²) in [5, 5.41) is 0. The number of hydrogen-bond donors (Lipinski definition) is 0. The molecule has 0 aromatic carbocycles. The van der Waals surface area contributed by atoms with E-state index >= 15 is 0 Å². The van der Waals surface area contributed by atoms with Gasteiger partial charge in [0, 0.05) is 13.0 Å². The van der Waals surface area contributed by atoms with Gasteiger partial charge in [-0.3, -0.25) is 9.59 Å². The summed E-state index contributed by atoms with van der Waals surface area (Å²) in [5.74, 6) is -0.180. The van der Waals surface area contributed by atoms with E-state index in [-0.39, 0.29) is 5.97 Å². The first kappa shape index (κ1) is 17.2. The third kappa shape index (κ3) is 4.80. The number of hydrogen-bond acceptors (Lipinski definition) is 3. The molecule has 105 valence electrons. The first-order chi connectivity index (χ1) is 8.60. The minimum atomic E-state index is -1.68. The molecule has 0 unspecified atom stereocenters. The average molecular weight is 272 g/mol. The summed E-state index contributed by atoms with van der Waals surface area (Å²) in [5.41, 5.74) is 0. The van der Waals surface area contributed by atoms with Crippen LogP contribution in [-0.2, 0) is 14.3 Å². The molecule has 4 nitrogen and oxygen atoms in total. The van der Waals surface area contributed by atoms with Gasteiger partial charge in [0.05, 0.1) is 6.61 Å². The lowest BCUT2D eigenvalue weighted by Gasteiger charge is -2.37. The van der Waals surface area contributed by atoms with Crippen molar-refractivity contribution in [2.45, 2.75) is 58.7 Å². The molecular weight excluding hydrogens is 246 g/mol. The van der Waals surface area contributed by atoms with Crippen LogP contribution in [-0.4, -0.2) is 38.3 Å². The fourth-order valence-electron chi connectivity index (χ4n) is 2.32. The molecule has 0 bridgehead atoms. The number of esters is 1. The van der Waals surface area contributed by atoms with Crippen LogP contribution in [0.1, 0.15) is 40.5 Å². The third-order valence-electron chi connectivity index (χ3n) is 3.73. The van der Waals surface area contributed by atoms with Gasteiger partial charge in [0.1, 0.15) is 0 Å². The van der Waals surface area contributed by atoms with Gasteiger partial charge >= 0.3 is 12.4 Å². The largest absolute Gasteiger partial charge is 0.466 e. The Morgan fingerprint density at radius 2 is 1.72 bits per heavy atom. The predicted molar refractivity (Wildman–Crippen MR) is 75.5 cm³/mol. The molecule has 1 radical (unpaired) electrons. The van der Waals surface area contributed by atoms with E-state index < -0.39 is 8.24 Å². The molecule has 0 N–H and O–H groups in total. The molecule has 1 amide bonds. The van der Waals surface area contributed by atoms with E-state index in [9.17, 15) is 9.59 Å². The molecule has 0 spiro atoms. The average Bonchev–Trinajstić information content (AvgIpc) is 2.39. The lowest BCUT2D eigenvalue weighted by molar-refractivity contribution is -0.143. The summed E-state index contributed by atoms with van der Waals surface area (Å²) in [4.78, 5) is 22.4. The Kier molecular flexibility index (Phi) is 8.71. The number of amides is 1. The predicted octanol–water partition coefficient (Wildman–Crippen LogP) is 2.70. The van der Waals surface area contributed by atoms with Crippen LogP contribution in [0.3, 0.4) is 0 Å². The van der Waals surface area contributed by atoms with Crippen LogP contribution in [0.2, 0.25) is 18.1 Å². The summed E-state index contributed by atoms with van der Waals surface area (Å²) in [6.07, 6.45) is 3.15. The Labute approximate surface area is 112 Å². The van der Waals surface area contributed by atoms with Crippen molar-refractivity contribution in [1.82, 2.24) is 4.57 Å². The number of carbonyl (C=O) groups excluding carboxylic acids is 2. The standard InChI is InChI=1S/C13H26NO3Si/c1-5-17-13(16)10-9-11-14(12-15)18(6-2,7-3)8-4/h5-11H2,1-4H3. The van der Waals surface area contributed by atoms with Crippen molar-refractivity contribution in [2.75, 3.05) is 13.2 Å². The molecule has 0 saturated heterocycles. The fraction of sp³-hybridized carbons (Fsp3) is 0.846. The molecule has 0 aromatic heterocycles. The quantitative estimate of drug-likeness (QED) is 0.349. The monoisotopic (exact) mass is 272 g/mol. The summed E-state index contributed by atoms with van der Waals surface area (Å²) in [6, 6.07) is 3.15. The highest BCUT2D eigenvalue weighted by molar-refractivity contribution is 6.78. The minimum absolute atomic E-state index is 0.180. The molecule has 0 aromatic rings. The van der Waals surface area contributed by atoms with Crippen LogP contribution in [0.5, 0.6) is 0 Å². The topological polar surface area (TPSA) is 46.6 Å². The second-order valence-corrected chi connectivity index (χ2v) is 9.55. The first-order valence-corrected chi connectivity index (χ1v) is 9.48. The van der Waals surface area contributed by atoms with Gasteiger partial charge < -0.3 is 9.30 Å². The first-order valence-electron chi connectivity index (χ1n) is 6.91. The van der Waals surface area contributed by atoms with Crippen LogP contribution < -0.4 is 0 Å². The Hall–Kier alpha value is -0.843. The molecule has 0 aliphatic rings. The van der Waals surface area contributed by atoms with Gasteiger partial charge in [0.2, 0.25) is 0 Å². The van der Waals surface area contributed by atoms with Crippen molar-refractivity contribution < 1.29 is 14.3 Å². The number of nitrogens with zero attached hydrogens (tertiary/aromatic N) is 1. The summed E-state index contributed by atoms with van der Waals surface area (Å²) in [6.45, 7) is 9.29. The van der Waals surface area contributed by atoms with Gasteiger partial charge in [-0.2, -0.15) is 0 Å². The Morgan fingerprint density at radius 1 is 1.17 bits per heavy atom. The number of ether oxygens (including phenoxy) is 1. The number of rotatable bonds is 10. The fourth-order valence-corrected chi connectivity index (χ4v) is 5.79. The van der Waals surface area contributed by atoms with Gasteiger partial charge in [-0.05, 0) is 31.5 Å². The smallest absolute Gasteiger partial charge is 0.305 e. The van der Waals surface area contributed by atoms with Crippen LogP contribution in [0.4, 0.5) is 0 Å². The molecule has 0 saturated carbocycles. The molecule has 18 heavy (non-hydrogen) atoms. The lowest BCUT2D eigenvalue weighted by atomic mass is 10.3. The minimum Gasteiger partial charge on any atom is -0.466 e. The normalized spacial score (nSPS) is 11.1. The summed E-state index contributed by atoms with van der Waals surface area (Å²) < 4.78 is 6.74. The highest BCUT2D eigenvalue weighted by Gasteiger charge is 2.34. The maximum Gasteiger partial charge on any atom is 0.305 e. The van der Waals surface area contributed by atoms with Crippen LogP contribution in [0.15, 0.2) is 0 Å². The molecule has 0 atom stereocenters. The van der Waals surface area contributed by atoms with Crippen LogP contribution in [0.25, 0.3) is 0 Å². The van der Waals surface area contributed by atoms with Gasteiger partial charge in [0.25, 0.3) is 0 Å². The zero-order valence-corrected chi connectivity index (χ0v) is 13.1. The maximum atomic E-state index is 11.2. The Bertz CT molecular complexity index is 246. The molecular formula is C13H26NO3Si. The summed E-state index contributed by atoms with van der Waals surface area (Å²) >= 11 is 0. The molecule has 5 heteroatoms. The molecule has 0 aliphatic heterocycles. The SMILES string of the molecule is CCOC(=O)CCCN([C]=O)[Si](CC)(CC)CC. The molecule has 0 aliphatic carbocycles. The Balaban J connectivity index is 4.33. The zero-order chi connectivity index (χ0) is 14.0. The van der Waals surface area contributed by atoms with Crippen LogP contribution in [0, 0.1) is 0 Å². The lowest BCUT2D eigenvalue weighted by Crippen LogP contribution is -2.51. The number of carbonyl (C=O) groups is 1. The highest BCUT2D eigenvalue weighted by Crippen LogP contribution is 2.24. The van der Waals surface area contributed by atoms with E-state index in [0.29, 0.717) is 26.0 Å². The van der Waals surface area contributed by atoms with Crippen molar-refractivity contribution in [2.24, 2.45) is 0 Å². The van der Waals surface area contributed by atoms with E-state index in [2.05, 4.69) is 27.2 Å². The van der Waals surface area contributed by atoms with E-state index in [1.165, 1.54) is 0 Å². The molecule has 0 rings (SSSR count). The van der Waals surface area contributed by atoms with E-state index in [1.807, 2.05) is 4.57 Å². The van der Waals surface area contributed by atoms with Gasteiger partial charge in [-0.25, -0.2) is 0 Å². The van der Waals surface area contributed by atoms with Gasteiger partial charge in [0.15, 0.2) is 8.24 Å². The van der Waals surface area contributed by atoms with E-state index in [1.54, 1.807) is 6.92 Å². The summed E-state index contributed by atoms with van der Waals surface area (Å²) in [7, 11) is -1.68. The van der Waals surface area contributed by atoms with Crippen molar-refractivity contribution in [3.63, 3.8) is 0 Å². The van der Waals surface area contributed by atoms with Crippen LogP contribution >= 0.6 is 0 Å². The van der Waals surface area contributed by atoms with E-state index in [4.69, 9.17) is 4.74 Å².